The van der Waals surface area contributed by atoms with Gasteiger partial charge in [0.15, 0.2) is 5.69 Å². The highest BCUT2D eigenvalue weighted by Crippen LogP contribution is 2.59. The summed E-state index contributed by atoms with van der Waals surface area (Å²) in [5, 5.41) is 3.77. The molecule has 14 heteroatoms. The van der Waals surface area contributed by atoms with Crippen LogP contribution in [0.5, 0.6) is 0 Å². The number of nitrogens with two attached hydrogens (primary N) is 1. The SMILES string of the molecule is Cc1cc(-c2cccnc2C(F)(F)F)cc2c3c(N)ncnc3n(CC(=O)N3[C@H](C(=O)Nc4cccc(Br)n4)C[C@@]4(C)C[C@@H]34)c12. The molecule has 3 atom stereocenters. The van der Waals surface area contributed by atoms with Crippen LogP contribution in [0.2, 0.25) is 0 Å². The minimum Gasteiger partial charge on any atom is -0.383 e. The predicted octanol–water partition coefficient (Wildman–Crippen LogP) is 5.73. The van der Waals surface area contributed by atoms with Crippen molar-refractivity contribution in [2.75, 3.05) is 11.1 Å². The number of halogens is 4. The zero-order valence-corrected chi connectivity index (χ0v) is 25.6. The molecule has 5 heterocycles. The molecule has 0 unspecified atom stereocenters. The first kappa shape index (κ1) is 29.1. The van der Waals surface area contributed by atoms with E-state index in [4.69, 9.17) is 5.73 Å². The predicted molar refractivity (Wildman–Crippen MR) is 165 cm³/mol. The van der Waals surface area contributed by atoms with Crippen molar-refractivity contribution in [3.05, 3.63) is 70.8 Å². The Hall–Kier alpha value is -4.59. The number of aryl methyl sites for hydroxylation is 1. The van der Waals surface area contributed by atoms with Crippen molar-refractivity contribution in [2.45, 2.75) is 51.5 Å². The average molecular weight is 680 g/mol. The van der Waals surface area contributed by atoms with E-state index in [1.165, 1.54) is 18.5 Å². The molecule has 45 heavy (non-hydrogen) atoms. The van der Waals surface area contributed by atoms with Gasteiger partial charge in [-0.05, 0) is 82.6 Å². The maximum Gasteiger partial charge on any atom is 0.433 e. The maximum atomic E-state index is 14.1. The summed E-state index contributed by atoms with van der Waals surface area (Å²) >= 11 is 3.31. The fourth-order valence-corrected chi connectivity index (χ4v) is 7.07. The first-order chi connectivity index (χ1) is 21.4. The van der Waals surface area contributed by atoms with Crippen LogP contribution in [-0.2, 0) is 22.3 Å². The summed E-state index contributed by atoms with van der Waals surface area (Å²) in [6.45, 7) is 3.66. The minimum atomic E-state index is -4.66. The number of amides is 2. The number of hydrogen-bond donors (Lipinski definition) is 2. The van der Waals surface area contributed by atoms with E-state index in [2.05, 4.69) is 48.1 Å². The Balaban J connectivity index is 1.29. The van der Waals surface area contributed by atoms with Gasteiger partial charge in [-0.3, -0.25) is 14.6 Å². The Labute approximate surface area is 263 Å². The number of fused-ring (bicyclic) bond motifs is 4. The monoisotopic (exact) mass is 678 g/mol. The van der Waals surface area contributed by atoms with Gasteiger partial charge in [0.25, 0.3) is 0 Å². The fraction of sp³-hybridized carbons (Fsp3) is 0.290. The lowest BCUT2D eigenvalue weighted by atomic mass is 9.98. The van der Waals surface area contributed by atoms with Gasteiger partial charge in [-0.15, -0.1) is 0 Å². The number of hydrogen-bond acceptors (Lipinski definition) is 7. The minimum absolute atomic E-state index is 0.0822. The highest BCUT2D eigenvalue weighted by Gasteiger charge is 2.64. The van der Waals surface area contributed by atoms with Gasteiger partial charge >= 0.3 is 6.18 Å². The number of piperidine rings is 1. The number of rotatable bonds is 5. The quantitative estimate of drug-likeness (QED) is 0.227. The first-order valence-electron chi connectivity index (χ1n) is 14.2. The van der Waals surface area contributed by atoms with Gasteiger partial charge in [0, 0.05) is 23.2 Å². The zero-order chi connectivity index (χ0) is 31.8. The van der Waals surface area contributed by atoms with Crippen molar-refractivity contribution in [1.82, 2.24) is 29.4 Å². The third kappa shape index (κ3) is 4.87. The standard InChI is InChI=1S/C31H26BrF3N8O2/c1-15-9-16(17-5-4-8-37-26(17)31(33,34)35)10-18-24-27(36)38-14-39-28(24)42(25(15)18)13-23(44)43-19(11-30(2)12-20(30)43)29(45)41-22-7-3-6-21(32)40-22/h3-10,14,19-20H,11-13H2,1-2H3,(H2,36,38,39)(H,40,41,45)/t19-,20+,30-/m0/s1. The molecule has 4 aromatic heterocycles. The Morgan fingerprint density at radius 3 is 2.69 bits per heavy atom. The highest BCUT2D eigenvalue weighted by molar-refractivity contribution is 9.10. The van der Waals surface area contributed by atoms with Crippen molar-refractivity contribution >= 4 is 61.3 Å². The second-order valence-electron chi connectivity index (χ2n) is 11.9. The smallest absolute Gasteiger partial charge is 0.383 e. The molecule has 230 valence electrons. The van der Waals surface area contributed by atoms with Gasteiger partial charge in [0.2, 0.25) is 11.8 Å². The van der Waals surface area contributed by atoms with E-state index in [0.717, 1.165) is 12.6 Å². The number of nitrogens with one attached hydrogen (secondary N) is 1. The van der Waals surface area contributed by atoms with Crippen LogP contribution in [0.4, 0.5) is 24.8 Å². The molecule has 7 rings (SSSR count). The van der Waals surface area contributed by atoms with Crippen LogP contribution in [0.25, 0.3) is 33.1 Å². The van der Waals surface area contributed by atoms with Crippen molar-refractivity contribution < 1.29 is 22.8 Å². The lowest BCUT2D eigenvalue weighted by Gasteiger charge is -2.27. The third-order valence-electron chi connectivity index (χ3n) is 8.82. The molecule has 1 saturated carbocycles. The van der Waals surface area contributed by atoms with Gasteiger partial charge in [0.1, 0.15) is 40.8 Å². The number of benzene rings is 1. The van der Waals surface area contributed by atoms with E-state index in [-0.39, 0.29) is 41.2 Å². The molecular formula is C31H26BrF3N8O2. The first-order valence-corrected chi connectivity index (χ1v) is 15.0. The Bertz CT molecular complexity index is 2050. The van der Waals surface area contributed by atoms with Crippen molar-refractivity contribution in [1.29, 1.82) is 0 Å². The largest absolute Gasteiger partial charge is 0.433 e. The molecule has 0 spiro atoms. The summed E-state index contributed by atoms with van der Waals surface area (Å²) in [5.74, 6) is -0.107. The van der Waals surface area contributed by atoms with Gasteiger partial charge in [-0.1, -0.05) is 19.1 Å². The molecule has 10 nitrogen and oxygen atoms in total. The van der Waals surface area contributed by atoms with Crippen LogP contribution in [0.15, 0.2) is 59.6 Å². The summed E-state index contributed by atoms with van der Waals surface area (Å²) < 4.78 is 43.9. The number of alkyl halides is 3. The summed E-state index contributed by atoms with van der Waals surface area (Å²) in [6, 6.07) is 10.4. The second kappa shape index (κ2) is 10.2. The average Bonchev–Trinajstić information content (AvgIpc) is 3.38. The fourth-order valence-electron chi connectivity index (χ4n) is 6.72. The maximum absolute atomic E-state index is 14.1. The summed E-state index contributed by atoms with van der Waals surface area (Å²) in [7, 11) is 0. The molecule has 1 aliphatic carbocycles. The third-order valence-corrected chi connectivity index (χ3v) is 9.27. The number of nitrogen functional groups attached to an aromatic ring is 1. The van der Waals surface area contributed by atoms with Crippen LogP contribution in [-0.4, -0.2) is 53.3 Å². The Kier molecular flexibility index (Phi) is 6.62. The highest BCUT2D eigenvalue weighted by atomic mass is 79.9. The molecule has 1 saturated heterocycles. The summed E-state index contributed by atoms with van der Waals surface area (Å²) in [4.78, 5) is 45.7. The second-order valence-corrected chi connectivity index (χ2v) is 12.7. The van der Waals surface area contributed by atoms with Gasteiger partial charge in [-0.2, -0.15) is 13.2 Å². The molecule has 1 aliphatic heterocycles. The lowest BCUT2D eigenvalue weighted by Crippen LogP contribution is -2.46. The van der Waals surface area contributed by atoms with Crippen LogP contribution in [0.1, 0.15) is 31.0 Å². The number of anilines is 2. The number of aromatic nitrogens is 5. The lowest BCUT2D eigenvalue weighted by molar-refractivity contribution is -0.140. The number of pyridine rings is 2. The molecule has 0 radical (unpaired) electrons. The van der Waals surface area contributed by atoms with Crippen molar-refractivity contribution in [3.63, 3.8) is 0 Å². The number of carbonyl (C=O) groups excluding carboxylic acids is 2. The van der Waals surface area contributed by atoms with Gasteiger partial charge < -0.3 is 20.5 Å². The molecule has 2 amide bonds. The van der Waals surface area contributed by atoms with Crippen LogP contribution in [0.3, 0.4) is 0 Å². The van der Waals surface area contributed by atoms with E-state index in [1.807, 2.05) is 0 Å². The Morgan fingerprint density at radius 1 is 1.13 bits per heavy atom. The van der Waals surface area contributed by atoms with Gasteiger partial charge in [-0.25, -0.2) is 15.0 Å². The van der Waals surface area contributed by atoms with E-state index >= 15 is 0 Å². The zero-order valence-electron chi connectivity index (χ0n) is 24.1. The normalized spacial score (nSPS) is 20.9. The molecule has 5 aromatic rings. The van der Waals surface area contributed by atoms with E-state index in [0.29, 0.717) is 49.9 Å². The van der Waals surface area contributed by atoms with Gasteiger partial charge in [0.05, 0.1) is 10.9 Å². The van der Waals surface area contributed by atoms with E-state index in [1.54, 1.807) is 46.7 Å². The summed E-state index contributed by atoms with van der Waals surface area (Å²) in [5.41, 5.74) is 6.91. The molecule has 1 aromatic carbocycles. The molecule has 2 fully saturated rings. The number of carbonyl (C=O) groups is 2. The topological polar surface area (TPSA) is 132 Å². The molecule has 0 bridgehead atoms. The van der Waals surface area contributed by atoms with Crippen LogP contribution in [0, 0.1) is 12.3 Å². The van der Waals surface area contributed by atoms with Crippen molar-refractivity contribution in [2.24, 2.45) is 5.41 Å². The molecule has 3 N–H and O–H groups in total. The van der Waals surface area contributed by atoms with E-state index < -0.39 is 17.9 Å². The number of nitrogens with zero attached hydrogens (tertiary/aromatic N) is 6. The van der Waals surface area contributed by atoms with Crippen LogP contribution >= 0.6 is 15.9 Å². The number of likely N-dealkylation sites (tertiary alicyclic amines) is 1. The molecular weight excluding hydrogens is 653 g/mol. The van der Waals surface area contributed by atoms with Crippen LogP contribution < -0.4 is 11.1 Å². The van der Waals surface area contributed by atoms with Crippen molar-refractivity contribution in [3.8, 4) is 11.1 Å². The summed E-state index contributed by atoms with van der Waals surface area (Å²) in [6.07, 6.45) is -0.973. The Morgan fingerprint density at radius 2 is 1.93 bits per heavy atom. The molecule has 2 aliphatic rings. The van der Waals surface area contributed by atoms with E-state index in [9.17, 15) is 22.8 Å².